The highest BCUT2D eigenvalue weighted by Crippen LogP contribution is 2.17. The zero-order chi connectivity index (χ0) is 79.1. The van der Waals surface area contributed by atoms with Gasteiger partial charge in [-0.05, 0) is 175 Å². The SMILES string of the molecule is CC(C)(C)OC(=O)NCC(O)CCC(N)C(=O)O.CC(C)(C)OC(=O)NCC(S)CCC(N)C(=O)O.CSC(CCC(N)C(=O)O)CNC(=O)OC(C)(C)C.NC(CCC(O)CNC(=O)OCc1ccc([N+](=O)[O-])cc1)C(=O)O.NC(CCCCNC(=O)OCc1ccc([N+](=O)[O-])cc1)C(=O)O. The van der Waals surface area contributed by atoms with Crippen molar-refractivity contribution >= 4 is 96.1 Å². The van der Waals surface area contributed by atoms with E-state index in [0.29, 0.717) is 75.7 Å². The lowest BCUT2D eigenvalue weighted by molar-refractivity contribution is -0.385. The van der Waals surface area contributed by atoms with E-state index in [0.717, 1.165) is 0 Å². The molecule has 2 aromatic carbocycles. The van der Waals surface area contributed by atoms with Gasteiger partial charge in [0.1, 0.15) is 60.2 Å². The number of thioether (sulfide) groups is 1. The van der Waals surface area contributed by atoms with Crippen LogP contribution < -0.4 is 55.3 Å². The molecular formula is C62H106N12O26S2. The van der Waals surface area contributed by atoms with Crippen molar-refractivity contribution in [1.82, 2.24) is 26.6 Å². The van der Waals surface area contributed by atoms with Crippen molar-refractivity contribution in [3.05, 3.63) is 79.9 Å². The fourth-order valence-electron chi connectivity index (χ4n) is 6.96. The van der Waals surface area contributed by atoms with Crippen molar-refractivity contribution in [1.29, 1.82) is 0 Å². The number of nitrogens with one attached hydrogen (secondary N) is 5. The Hall–Kier alpha value is -8.64. The molecule has 0 heterocycles. The minimum absolute atomic E-state index is 0.00124. The van der Waals surface area contributed by atoms with Gasteiger partial charge in [0.15, 0.2) is 0 Å². The van der Waals surface area contributed by atoms with Crippen molar-refractivity contribution in [2.75, 3.05) is 39.0 Å². The summed E-state index contributed by atoms with van der Waals surface area (Å²) in [5, 5.41) is 95.6. The minimum Gasteiger partial charge on any atom is -0.480 e. The summed E-state index contributed by atoms with van der Waals surface area (Å²) >= 11 is 5.81. The number of alkyl carbamates (subject to hydrolysis) is 5. The molecule has 40 heteroatoms. The highest BCUT2D eigenvalue weighted by atomic mass is 32.2. The molecule has 582 valence electrons. The van der Waals surface area contributed by atoms with E-state index >= 15 is 0 Å². The number of thiol groups is 1. The number of hydrogen-bond donors (Lipinski definition) is 18. The first kappa shape index (κ1) is 97.5. The van der Waals surface area contributed by atoms with Crippen molar-refractivity contribution in [2.24, 2.45) is 28.7 Å². The van der Waals surface area contributed by atoms with E-state index in [2.05, 4.69) is 39.2 Å². The Kier molecular flexibility index (Phi) is 50.1. The number of nitro groups is 2. The Bertz CT molecular complexity index is 2810. The highest BCUT2D eigenvalue weighted by molar-refractivity contribution is 7.99. The predicted octanol–water partition coefficient (Wildman–Crippen LogP) is 4.28. The number of non-ortho nitro benzene ring substituents is 2. The molecule has 2 rings (SSSR count). The average molecular weight is 1500 g/mol. The summed E-state index contributed by atoms with van der Waals surface area (Å²) in [7, 11) is 0. The standard InChI is InChI=1S/C14H19N3O7.C14H19N3O6.C12H24N2O4S.C11H22N2O5.C11H22N2O4S/c15-12(13(19)20)6-5-11(18)7-16-14(21)24-8-9-1-3-10(4-2-9)17(22)23;15-12(13(18)19)3-1-2-8-16-14(20)23-9-10-4-6-11(7-5-10)17(21)22;1-12(2,3)18-11(17)14-7-8(19-4)5-6-9(13)10(15)16;1-11(2,3)18-10(17)13-6-7(14)4-5-8(12)9(15)16;1-11(2,3)17-10(16)13-6-7(18)4-5-8(12)9(14)15/h1-4,11-12,18H,5-8,15H2,(H,16,21)(H,19,20);4-7,12H,1-3,8-9,15H2,(H,16,20)(H,18,19);8-9H,5-7,13H2,1-4H3,(H,14,17)(H,15,16);7-8,14H,4-6,12H2,1-3H3,(H,13,17)(H,15,16);7-8,18H,4-6,12H2,1-3H3,(H,13,16)(H,14,15). The number of rotatable bonds is 37. The number of carboxylic acids is 5. The third-order valence-corrected chi connectivity index (χ3v) is 14.0. The fourth-order valence-corrected chi connectivity index (χ4v) is 7.82. The molecule has 9 unspecified atom stereocenters. The Morgan fingerprint density at radius 2 is 0.735 bits per heavy atom. The lowest BCUT2D eigenvalue weighted by Crippen LogP contribution is -2.38. The lowest BCUT2D eigenvalue weighted by Gasteiger charge is -2.21. The number of nitro benzene ring substituents is 2. The molecule has 0 aliphatic carbocycles. The third kappa shape index (κ3) is 57.0. The molecule has 0 aliphatic heterocycles. The number of unbranched alkanes of at least 4 members (excludes halogenated alkanes) is 1. The van der Waals surface area contributed by atoms with E-state index in [1.807, 2.05) is 6.26 Å². The van der Waals surface area contributed by atoms with Gasteiger partial charge in [-0.3, -0.25) is 44.2 Å². The maximum Gasteiger partial charge on any atom is 0.407 e. The number of ether oxygens (including phenoxy) is 5. The van der Waals surface area contributed by atoms with Gasteiger partial charge in [-0.15, -0.1) is 0 Å². The van der Waals surface area contributed by atoms with Gasteiger partial charge >= 0.3 is 60.3 Å². The van der Waals surface area contributed by atoms with Gasteiger partial charge in [0.25, 0.3) is 11.4 Å². The minimum atomic E-state index is -1.15. The van der Waals surface area contributed by atoms with Gasteiger partial charge in [-0.2, -0.15) is 24.4 Å². The number of benzene rings is 2. The zero-order valence-electron chi connectivity index (χ0n) is 59.1. The van der Waals surface area contributed by atoms with Crippen LogP contribution in [0.1, 0.15) is 144 Å². The van der Waals surface area contributed by atoms with Crippen molar-refractivity contribution in [3.63, 3.8) is 0 Å². The normalized spacial score (nSPS) is 13.5. The predicted molar refractivity (Wildman–Crippen MR) is 376 cm³/mol. The molecule has 0 spiro atoms. The summed E-state index contributed by atoms with van der Waals surface area (Å²) in [6, 6.07) is 6.54. The smallest absolute Gasteiger partial charge is 0.407 e. The molecule has 0 saturated heterocycles. The number of carbonyl (C=O) groups excluding carboxylic acids is 5. The number of aliphatic hydroxyl groups excluding tert-OH is 2. The Balaban J connectivity index is -0.00000121. The van der Waals surface area contributed by atoms with Gasteiger partial charge < -0.3 is 115 Å². The number of aliphatic hydroxyl groups is 2. The molecule has 0 bridgehead atoms. The van der Waals surface area contributed by atoms with Gasteiger partial charge in [0.05, 0.1) is 22.1 Å². The maximum absolute atomic E-state index is 11.5. The molecule has 5 amide bonds. The Morgan fingerprint density at radius 1 is 0.441 bits per heavy atom. The second kappa shape index (κ2) is 52.3. The highest BCUT2D eigenvalue weighted by Gasteiger charge is 2.23. The van der Waals surface area contributed by atoms with Gasteiger partial charge in [0.2, 0.25) is 0 Å². The van der Waals surface area contributed by atoms with Crippen LogP contribution in [0.15, 0.2) is 48.5 Å². The molecule has 9 atom stereocenters. The van der Waals surface area contributed by atoms with Crippen LogP contribution in [0.3, 0.4) is 0 Å². The quantitative estimate of drug-likeness (QED) is 0.0148. The summed E-state index contributed by atoms with van der Waals surface area (Å²) in [5.74, 6) is -5.34. The zero-order valence-corrected chi connectivity index (χ0v) is 60.8. The number of carbonyl (C=O) groups is 10. The summed E-state index contributed by atoms with van der Waals surface area (Å²) in [4.78, 5) is 129. The summed E-state index contributed by atoms with van der Waals surface area (Å²) in [5.41, 5.74) is 26.2. The molecule has 0 aromatic heterocycles. The molecule has 22 N–H and O–H groups in total. The lowest BCUT2D eigenvalue weighted by atomic mass is 10.1. The third-order valence-electron chi connectivity index (χ3n) is 12.5. The summed E-state index contributed by atoms with van der Waals surface area (Å²) in [6.07, 6.45) is 1.05. The topological polar surface area (TPSA) is 635 Å². The first-order valence-electron chi connectivity index (χ1n) is 31.8. The Morgan fingerprint density at radius 3 is 1.06 bits per heavy atom. The Labute approximate surface area is 601 Å². The summed E-state index contributed by atoms with van der Waals surface area (Å²) < 4.78 is 25.0. The number of amides is 5. The van der Waals surface area contributed by atoms with Crippen LogP contribution in [-0.4, -0.2) is 215 Å². The number of nitrogens with two attached hydrogens (primary N) is 5. The van der Waals surface area contributed by atoms with Crippen molar-refractivity contribution in [2.45, 2.75) is 216 Å². The van der Waals surface area contributed by atoms with Crippen LogP contribution in [0.5, 0.6) is 0 Å². The van der Waals surface area contributed by atoms with Crippen molar-refractivity contribution < 1.29 is 117 Å². The van der Waals surface area contributed by atoms with Gasteiger partial charge in [-0.25, -0.2) is 24.0 Å². The number of carboxylic acid groups (broad SMARTS) is 5. The van der Waals surface area contributed by atoms with E-state index in [4.69, 9.17) is 77.9 Å². The van der Waals surface area contributed by atoms with E-state index in [1.54, 1.807) is 74.1 Å². The largest absolute Gasteiger partial charge is 0.480 e. The van der Waals surface area contributed by atoms with Crippen molar-refractivity contribution in [3.8, 4) is 0 Å². The summed E-state index contributed by atoms with van der Waals surface area (Å²) in [6.45, 7) is 16.8. The number of aliphatic carboxylic acids is 5. The second-order valence-electron chi connectivity index (χ2n) is 25.3. The monoisotopic (exact) mass is 1500 g/mol. The fraction of sp³-hybridized carbons (Fsp3) is 0.645. The van der Waals surface area contributed by atoms with E-state index < -0.39 is 129 Å². The van der Waals surface area contributed by atoms with Crippen LogP contribution in [0.4, 0.5) is 35.3 Å². The first-order chi connectivity index (χ1) is 47.1. The number of hydrogen-bond acceptors (Lipinski definition) is 28. The van der Waals surface area contributed by atoms with Gasteiger partial charge in [-0.1, -0.05) is 0 Å². The van der Waals surface area contributed by atoms with Crippen LogP contribution >= 0.6 is 24.4 Å². The van der Waals surface area contributed by atoms with Crippen LogP contribution in [0.2, 0.25) is 0 Å². The molecule has 102 heavy (non-hydrogen) atoms. The molecule has 0 fully saturated rings. The van der Waals surface area contributed by atoms with Crippen LogP contribution in [-0.2, 0) is 60.9 Å². The van der Waals surface area contributed by atoms with E-state index in [9.17, 15) is 78.4 Å². The molecule has 38 nitrogen and oxygen atoms in total. The first-order valence-corrected chi connectivity index (χ1v) is 33.6. The van der Waals surface area contributed by atoms with Gasteiger partial charge in [0, 0.05) is 67.5 Å². The average Bonchev–Trinajstić information content (AvgIpc) is 0.900. The maximum atomic E-state index is 11.5. The molecular weight excluding hydrogens is 1390 g/mol. The van der Waals surface area contributed by atoms with Crippen LogP contribution in [0.25, 0.3) is 0 Å². The molecule has 0 radical (unpaired) electrons. The molecule has 2 aromatic rings. The number of nitrogens with zero attached hydrogens (tertiary/aromatic N) is 2. The van der Waals surface area contributed by atoms with E-state index in [-0.39, 0.29) is 73.9 Å². The van der Waals surface area contributed by atoms with Crippen LogP contribution in [0, 0.1) is 20.2 Å². The van der Waals surface area contributed by atoms with E-state index in [1.165, 1.54) is 48.5 Å². The molecule has 0 aliphatic rings. The molecule has 0 saturated carbocycles. The second-order valence-corrected chi connectivity index (χ2v) is 27.2.